The fraction of sp³-hybridized carbons (Fsp3) is 0. The summed E-state index contributed by atoms with van der Waals surface area (Å²) in [5.41, 5.74) is 0. The first-order chi connectivity index (χ1) is 2.41. The van der Waals surface area contributed by atoms with Gasteiger partial charge >= 0.3 is 8.69 Å². The molecular formula is H8N3O2P. The van der Waals surface area contributed by atoms with E-state index in [1.54, 1.807) is 0 Å². The second kappa shape index (κ2) is 86.8. The van der Waals surface area contributed by atoms with Crippen LogP contribution in [0.15, 0.2) is 0 Å². The summed E-state index contributed by atoms with van der Waals surface area (Å²) in [7, 11) is -0.833. The maximum absolute atomic E-state index is 8.46. The number of hydrazine groups is 1. The molecule has 0 aromatic carbocycles. The van der Waals surface area contributed by atoms with Gasteiger partial charge in [-0.3, -0.25) is 11.7 Å². The summed E-state index contributed by atoms with van der Waals surface area (Å²) in [6.45, 7) is 0. The highest BCUT2D eigenvalue weighted by molar-refractivity contribution is 7.16. The van der Waals surface area contributed by atoms with Crippen LogP contribution in [0.4, 0.5) is 0 Å². The van der Waals surface area contributed by atoms with Crippen LogP contribution in [0.3, 0.4) is 0 Å². The van der Waals surface area contributed by atoms with E-state index >= 15 is 0 Å². The summed E-state index contributed by atoms with van der Waals surface area (Å²) in [4.78, 5) is 6.99. The Morgan fingerprint density at radius 1 is 1.50 bits per heavy atom. The molecule has 40 valence electrons. The molecule has 0 aromatic heterocycles. The average molecular weight is 113 g/mol. The Morgan fingerprint density at radius 2 is 1.50 bits per heavy atom. The number of rotatable bonds is 0. The van der Waals surface area contributed by atoms with Crippen LogP contribution in [0.25, 0.3) is 0 Å². The lowest BCUT2D eigenvalue weighted by atomic mass is 13.0. The Balaban J connectivity index is -0.0000000275. The van der Waals surface area contributed by atoms with Crippen molar-refractivity contribution in [3.63, 3.8) is 0 Å². The second-order valence-corrected chi connectivity index (χ2v) is 0.245. The van der Waals surface area contributed by atoms with Crippen LogP contribution >= 0.6 is 8.69 Å². The third kappa shape index (κ3) is 9460. The van der Waals surface area contributed by atoms with Crippen molar-refractivity contribution in [1.82, 2.24) is 6.15 Å². The molecule has 0 radical (unpaired) electrons. The lowest BCUT2D eigenvalue weighted by Crippen LogP contribution is -2.02. The van der Waals surface area contributed by atoms with Gasteiger partial charge in [0.25, 0.3) is 0 Å². The van der Waals surface area contributed by atoms with Gasteiger partial charge in [-0.25, -0.2) is 4.57 Å². The Kier molecular flexibility index (Phi) is 243. The molecule has 0 aliphatic heterocycles. The van der Waals surface area contributed by atoms with Crippen LogP contribution in [0.2, 0.25) is 0 Å². The Hall–Kier alpha value is -0.0600. The normalized spacial score (nSPS) is 4.50. The SMILES string of the molecule is N.NN.O=PO. The molecule has 6 heavy (non-hydrogen) atoms. The van der Waals surface area contributed by atoms with E-state index in [0.717, 1.165) is 0 Å². The van der Waals surface area contributed by atoms with Crippen LogP contribution in [0, 0.1) is 0 Å². The van der Waals surface area contributed by atoms with Gasteiger partial charge in [0.1, 0.15) is 0 Å². The third-order valence-electron chi connectivity index (χ3n) is 0. The molecule has 0 saturated heterocycles. The Bertz CT molecular complexity index is 16.3. The monoisotopic (exact) mass is 113 g/mol. The molecule has 0 atom stereocenters. The highest BCUT2D eigenvalue weighted by atomic mass is 31.1. The summed E-state index contributed by atoms with van der Waals surface area (Å²) >= 11 is 0. The summed E-state index contributed by atoms with van der Waals surface area (Å²) in [5.74, 6) is 8.00. The number of nitrogens with two attached hydrogens (primary N) is 2. The topological polar surface area (TPSA) is 124 Å². The average Bonchev–Trinajstić information content (AvgIpc) is 1.46. The van der Waals surface area contributed by atoms with E-state index in [4.69, 9.17) is 9.46 Å². The lowest BCUT2D eigenvalue weighted by molar-refractivity contribution is 0.524. The van der Waals surface area contributed by atoms with Crippen LogP contribution in [0.5, 0.6) is 0 Å². The van der Waals surface area contributed by atoms with Gasteiger partial charge in [-0.1, -0.05) is 0 Å². The number of hydrogen-bond donors (Lipinski definition) is 4. The van der Waals surface area contributed by atoms with Gasteiger partial charge in [0.05, 0.1) is 0 Å². The highest BCUT2D eigenvalue weighted by Gasteiger charge is 1.28. The summed E-state index contributed by atoms with van der Waals surface area (Å²) in [5, 5.41) is 0. The van der Waals surface area contributed by atoms with Crippen molar-refractivity contribution in [3.05, 3.63) is 0 Å². The van der Waals surface area contributed by atoms with Crippen LogP contribution in [-0.4, -0.2) is 4.89 Å². The van der Waals surface area contributed by atoms with Gasteiger partial charge in [0, 0.05) is 0 Å². The molecule has 0 heterocycles. The summed E-state index contributed by atoms with van der Waals surface area (Å²) in [6, 6.07) is 0. The van der Waals surface area contributed by atoms with Crippen molar-refractivity contribution in [2.45, 2.75) is 0 Å². The fourth-order valence-corrected chi connectivity index (χ4v) is 0. The van der Waals surface area contributed by atoms with E-state index in [2.05, 4.69) is 11.7 Å². The molecule has 0 aliphatic rings. The van der Waals surface area contributed by atoms with Crippen molar-refractivity contribution in [1.29, 1.82) is 0 Å². The quantitative estimate of drug-likeness (QED) is 0.185. The molecule has 0 fully saturated rings. The first-order valence-electron chi connectivity index (χ1n) is 0.716. The molecule has 0 saturated carbocycles. The van der Waals surface area contributed by atoms with Gasteiger partial charge in [0.2, 0.25) is 0 Å². The maximum Gasteiger partial charge on any atom is 0.324 e. The minimum Gasteiger partial charge on any atom is -0.344 e. The Labute approximate surface area is 37.2 Å². The second-order valence-electron chi connectivity index (χ2n) is 0.0816. The predicted molar refractivity (Wildman–Crippen MR) is 23.2 cm³/mol. The lowest BCUT2D eigenvalue weighted by Gasteiger charge is -1.27. The minimum absolute atomic E-state index is 0. The standard InChI is InChI=1S/H4N2.H3N.HO2P/c1-2;;1-3-2/h1-2H2;1H3;(H,1,2). The first-order valence-corrected chi connectivity index (χ1v) is 1.48. The van der Waals surface area contributed by atoms with E-state index in [1.807, 2.05) is 0 Å². The smallest absolute Gasteiger partial charge is 0.324 e. The van der Waals surface area contributed by atoms with Gasteiger partial charge in [-0.2, -0.15) is 0 Å². The first kappa shape index (κ1) is 16.8. The van der Waals surface area contributed by atoms with Crippen LogP contribution < -0.4 is 17.8 Å². The van der Waals surface area contributed by atoms with E-state index in [0.29, 0.717) is 0 Å². The van der Waals surface area contributed by atoms with Crippen molar-refractivity contribution in [2.24, 2.45) is 11.7 Å². The summed E-state index contributed by atoms with van der Waals surface area (Å²) in [6.07, 6.45) is 0. The van der Waals surface area contributed by atoms with Gasteiger partial charge in [0.15, 0.2) is 0 Å². The maximum atomic E-state index is 8.46. The molecule has 0 aliphatic carbocycles. The molecule has 0 aromatic rings. The van der Waals surface area contributed by atoms with Crippen molar-refractivity contribution in [3.8, 4) is 0 Å². The molecule has 5 nitrogen and oxygen atoms in total. The molecule has 0 spiro atoms. The zero-order valence-corrected chi connectivity index (χ0v) is 4.06. The molecule has 6 heteroatoms. The fourth-order valence-electron chi connectivity index (χ4n) is 0. The van der Waals surface area contributed by atoms with Crippen LogP contribution in [-0.2, 0) is 4.57 Å². The molecule has 0 bridgehead atoms. The molecule has 0 rings (SSSR count). The number of hydrogen-bond acceptors (Lipinski definition) is 4. The summed E-state index contributed by atoms with van der Waals surface area (Å²) < 4.78 is 8.46. The van der Waals surface area contributed by atoms with Crippen molar-refractivity contribution >= 4 is 8.69 Å². The zero-order valence-electron chi connectivity index (χ0n) is 3.16. The van der Waals surface area contributed by atoms with Crippen LogP contribution in [0.1, 0.15) is 0 Å². The highest BCUT2D eigenvalue weighted by Crippen LogP contribution is 1.66. The van der Waals surface area contributed by atoms with Crippen molar-refractivity contribution in [2.75, 3.05) is 0 Å². The minimum atomic E-state index is -0.833. The van der Waals surface area contributed by atoms with Gasteiger partial charge in [-0.15, -0.1) is 0 Å². The van der Waals surface area contributed by atoms with E-state index < -0.39 is 8.69 Å². The zero-order chi connectivity index (χ0) is 4.71. The molecule has 0 unspecified atom stereocenters. The van der Waals surface area contributed by atoms with E-state index in [9.17, 15) is 0 Å². The molecular weight excluding hydrogens is 105 g/mol. The largest absolute Gasteiger partial charge is 0.344 e. The van der Waals surface area contributed by atoms with E-state index in [-0.39, 0.29) is 6.15 Å². The van der Waals surface area contributed by atoms with E-state index in [1.165, 1.54) is 0 Å². The Morgan fingerprint density at radius 3 is 1.50 bits per heavy atom. The van der Waals surface area contributed by atoms with Gasteiger partial charge < -0.3 is 11.0 Å². The predicted octanol–water partition coefficient (Wildman–Crippen LogP) is -0.834. The van der Waals surface area contributed by atoms with Gasteiger partial charge in [-0.05, 0) is 0 Å². The van der Waals surface area contributed by atoms with Crippen molar-refractivity contribution < 1.29 is 9.46 Å². The molecule has 8 N–H and O–H groups in total. The third-order valence-corrected chi connectivity index (χ3v) is 0. The molecule has 0 amide bonds.